The maximum Gasteiger partial charge on any atom is 0.416 e. The van der Waals surface area contributed by atoms with Crippen LogP contribution >= 0.6 is 0 Å². The summed E-state index contributed by atoms with van der Waals surface area (Å²) in [4.78, 5) is 0. The van der Waals surface area contributed by atoms with Crippen molar-refractivity contribution in [2.75, 3.05) is 6.61 Å². The van der Waals surface area contributed by atoms with E-state index in [0.717, 1.165) is 17.7 Å². The molecule has 1 nitrogen and oxygen atoms in total. The quantitative estimate of drug-likeness (QED) is 0.719. The van der Waals surface area contributed by atoms with Gasteiger partial charge in [-0.25, -0.2) is 0 Å². The number of rotatable bonds is 5. The molecule has 0 heterocycles. The first-order valence-corrected chi connectivity index (χ1v) is 6.24. The van der Waals surface area contributed by atoms with Crippen molar-refractivity contribution < 1.29 is 17.9 Å². The van der Waals surface area contributed by atoms with E-state index in [9.17, 15) is 13.2 Å². The second kappa shape index (κ2) is 6.46. The van der Waals surface area contributed by atoms with Crippen LogP contribution in [0.5, 0.6) is 5.75 Å². The molecule has 0 amide bonds. The molecule has 0 fully saturated rings. The molecular formula is C16H14F3O. The second-order valence-electron chi connectivity index (χ2n) is 4.27. The van der Waals surface area contributed by atoms with Crippen molar-refractivity contribution in [3.63, 3.8) is 0 Å². The van der Waals surface area contributed by atoms with Gasteiger partial charge in [-0.1, -0.05) is 30.3 Å². The summed E-state index contributed by atoms with van der Waals surface area (Å²) in [5, 5.41) is 0. The van der Waals surface area contributed by atoms with E-state index in [2.05, 4.69) is 0 Å². The summed E-state index contributed by atoms with van der Waals surface area (Å²) in [6.07, 6.45) is -1.59. The first-order chi connectivity index (χ1) is 9.55. The first kappa shape index (κ1) is 14.4. The van der Waals surface area contributed by atoms with E-state index in [1.807, 2.05) is 36.8 Å². The van der Waals surface area contributed by atoms with E-state index < -0.39 is 11.7 Å². The zero-order valence-electron chi connectivity index (χ0n) is 10.7. The van der Waals surface area contributed by atoms with E-state index in [4.69, 9.17) is 4.74 Å². The van der Waals surface area contributed by atoms with Crippen molar-refractivity contribution in [2.24, 2.45) is 0 Å². The first-order valence-electron chi connectivity index (χ1n) is 6.24. The Labute approximate surface area is 116 Å². The van der Waals surface area contributed by atoms with Gasteiger partial charge in [-0.15, -0.1) is 0 Å². The number of hydrogen-bond acceptors (Lipinski definition) is 1. The summed E-state index contributed by atoms with van der Waals surface area (Å²) in [5.41, 5.74) is 0.434. The number of halogens is 3. The van der Waals surface area contributed by atoms with Gasteiger partial charge in [-0.3, -0.25) is 0 Å². The Morgan fingerprint density at radius 3 is 2.15 bits per heavy atom. The summed E-state index contributed by atoms with van der Waals surface area (Å²) in [7, 11) is 0. The van der Waals surface area contributed by atoms with Crippen molar-refractivity contribution in [1.29, 1.82) is 0 Å². The van der Waals surface area contributed by atoms with Crippen LogP contribution in [0, 0.1) is 6.42 Å². The molecule has 0 aromatic heterocycles. The highest BCUT2D eigenvalue weighted by atomic mass is 19.4. The Balaban J connectivity index is 1.77. The molecular weight excluding hydrogens is 265 g/mol. The number of hydrogen-bond donors (Lipinski definition) is 0. The minimum Gasteiger partial charge on any atom is -0.494 e. The Hall–Kier alpha value is -1.97. The molecule has 0 unspecified atom stereocenters. The second-order valence-corrected chi connectivity index (χ2v) is 4.27. The average molecular weight is 279 g/mol. The third kappa shape index (κ3) is 4.30. The van der Waals surface area contributed by atoms with Gasteiger partial charge in [-0.05, 0) is 42.7 Å². The molecule has 2 aromatic rings. The van der Waals surface area contributed by atoms with E-state index in [-0.39, 0.29) is 0 Å². The molecule has 0 aliphatic heterocycles. The van der Waals surface area contributed by atoms with Crippen LogP contribution in [0.3, 0.4) is 0 Å². The Kier molecular flexibility index (Phi) is 4.66. The SMILES string of the molecule is FC(F)(F)c1ccc(OCC[CH]c2ccccc2)cc1. The van der Waals surface area contributed by atoms with Crippen LogP contribution < -0.4 is 4.74 Å². The standard InChI is InChI=1S/C16H14F3O/c17-16(18,19)14-8-10-15(11-9-14)20-12-4-7-13-5-2-1-3-6-13/h1-3,5-11H,4,12H2. The van der Waals surface area contributed by atoms with Crippen molar-refractivity contribution in [1.82, 2.24) is 0 Å². The smallest absolute Gasteiger partial charge is 0.416 e. The fraction of sp³-hybridized carbons (Fsp3) is 0.188. The molecule has 0 spiro atoms. The highest BCUT2D eigenvalue weighted by Crippen LogP contribution is 2.30. The molecule has 2 rings (SSSR count). The fourth-order valence-electron chi connectivity index (χ4n) is 1.73. The van der Waals surface area contributed by atoms with Crippen LogP contribution in [0.1, 0.15) is 17.5 Å². The summed E-state index contributed by atoms with van der Waals surface area (Å²) >= 11 is 0. The Bertz CT molecular complexity index is 518. The molecule has 0 atom stereocenters. The number of alkyl halides is 3. The highest BCUT2D eigenvalue weighted by Gasteiger charge is 2.29. The van der Waals surface area contributed by atoms with Gasteiger partial charge in [0.1, 0.15) is 5.75 Å². The molecule has 1 radical (unpaired) electrons. The third-order valence-corrected chi connectivity index (χ3v) is 2.75. The van der Waals surface area contributed by atoms with Gasteiger partial charge >= 0.3 is 6.18 Å². The van der Waals surface area contributed by atoms with Gasteiger partial charge in [0.25, 0.3) is 0 Å². The zero-order valence-corrected chi connectivity index (χ0v) is 10.7. The van der Waals surface area contributed by atoms with Gasteiger partial charge < -0.3 is 4.74 Å². The van der Waals surface area contributed by atoms with E-state index in [1.165, 1.54) is 12.1 Å². The normalized spacial score (nSPS) is 11.3. The average Bonchev–Trinajstić information content (AvgIpc) is 2.44. The highest BCUT2D eigenvalue weighted by molar-refractivity contribution is 5.29. The number of benzene rings is 2. The maximum atomic E-state index is 12.4. The lowest BCUT2D eigenvalue weighted by atomic mass is 10.1. The largest absolute Gasteiger partial charge is 0.494 e. The van der Waals surface area contributed by atoms with Crippen molar-refractivity contribution in [3.05, 3.63) is 72.1 Å². The molecule has 0 N–H and O–H groups in total. The van der Waals surface area contributed by atoms with Crippen LogP contribution in [-0.4, -0.2) is 6.61 Å². The van der Waals surface area contributed by atoms with E-state index in [0.29, 0.717) is 18.8 Å². The lowest BCUT2D eigenvalue weighted by molar-refractivity contribution is -0.137. The van der Waals surface area contributed by atoms with Gasteiger partial charge in [0, 0.05) is 0 Å². The topological polar surface area (TPSA) is 9.23 Å². The summed E-state index contributed by atoms with van der Waals surface area (Å²) in [5.74, 6) is 0.444. The molecule has 0 saturated heterocycles. The van der Waals surface area contributed by atoms with Crippen LogP contribution in [-0.2, 0) is 6.18 Å². The lowest BCUT2D eigenvalue weighted by Crippen LogP contribution is -2.04. The molecule has 0 saturated carbocycles. The molecule has 0 bridgehead atoms. The van der Waals surface area contributed by atoms with E-state index in [1.54, 1.807) is 0 Å². The van der Waals surface area contributed by atoms with Gasteiger partial charge in [0.2, 0.25) is 0 Å². The van der Waals surface area contributed by atoms with Gasteiger partial charge in [0.15, 0.2) is 0 Å². The number of ether oxygens (including phenoxy) is 1. The molecule has 0 aliphatic rings. The zero-order chi connectivity index (χ0) is 14.4. The third-order valence-electron chi connectivity index (χ3n) is 2.75. The van der Waals surface area contributed by atoms with E-state index >= 15 is 0 Å². The van der Waals surface area contributed by atoms with Crippen LogP contribution in [0.2, 0.25) is 0 Å². The Morgan fingerprint density at radius 2 is 1.55 bits per heavy atom. The minimum absolute atomic E-state index is 0.431. The molecule has 20 heavy (non-hydrogen) atoms. The molecule has 4 heteroatoms. The van der Waals surface area contributed by atoms with Crippen molar-refractivity contribution in [2.45, 2.75) is 12.6 Å². The van der Waals surface area contributed by atoms with Gasteiger partial charge in [-0.2, -0.15) is 13.2 Å². The maximum absolute atomic E-state index is 12.4. The van der Waals surface area contributed by atoms with Crippen LogP contribution in [0.4, 0.5) is 13.2 Å². The predicted octanol–water partition coefficient (Wildman–Crippen LogP) is 4.73. The van der Waals surface area contributed by atoms with Crippen LogP contribution in [0.25, 0.3) is 0 Å². The van der Waals surface area contributed by atoms with Crippen molar-refractivity contribution >= 4 is 0 Å². The van der Waals surface area contributed by atoms with Gasteiger partial charge in [0.05, 0.1) is 12.2 Å². The lowest BCUT2D eigenvalue weighted by Gasteiger charge is -2.09. The fourth-order valence-corrected chi connectivity index (χ4v) is 1.73. The monoisotopic (exact) mass is 279 g/mol. The molecule has 2 aromatic carbocycles. The predicted molar refractivity (Wildman–Crippen MR) is 71.4 cm³/mol. The van der Waals surface area contributed by atoms with Crippen molar-refractivity contribution in [3.8, 4) is 5.75 Å². The summed E-state index contributed by atoms with van der Waals surface area (Å²) < 4.78 is 42.5. The Morgan fingerprint density at radius 1 is 0.900 bits per heavy atom. The molecule has 0 aliphatic carbocycles. The minimum atomic E-state index is -4.31. The van der Waals surface area contributed by atoms with Crippen LogP contribution in [0.15, 0.2) is 54.6 Å². The summed E-state index contributed by atoms with van der Waals surface area (Å²) in [6, 6.07) is 14.5. The molecule has 105 valence electrons. The summed E-state index contributed by atoms with van der Waals surface area (Å²) in [6.45, 7) is 0.431.